The van der Waals surface area contributed by atoms with E-state index in [4.69, 9.17) is 10.9 Å². The molecule has 0 N–H and O–H groups in total. The van der Waals surface area contributed by atoms with E-state index in [1.165, 1.54) is 0 Å². The van der Waals surface area contributed by atoms with Crippen LogP contribution in [0.5, 0.6) is 5.75 Å². The van der Waals surface area contributed by atoms with Gasteiger partial charge in [0, 0.05) is 0 Å². The number of benzene rings is 3. The number of hydrogen-bond donors (Lipinski definition) is 0. The molecule has 0 aliphatic carbocycles. The standard InChI is InChI=1S/C21H17IO5/c1-25-19-14-12-18(13-15-19)22(26-20(23)16-8-4-2-5-9-16)27-21(24)17-10-6-3-7-11-17/h2-15H,1H3. The van der Waals surface area contributed by atoms with Gasteiger partial charge in [0.1, 0.15) is 0 Å². The van der Waals surface area contributed by atoms with Crippen LogP contribution in [0.2, 0.25) is 0 Å². The van der Waals surface area contributed by atoms with Crippen molar-refractivity contribution in [2.75, 3.05) is 7.11 Å². The molecule has 6 heteroatoms. The molecule has 0 aromatic heterocycles. The van der Waals surface area contributed by atoms with Gasteiger partial charge < -0.3 is 0 Å². The van der Waals surface area contributed by atoms with E-state index in [0.29, 0.717) is 20.4 Å². The molecule has 0 spiro atoms. The fraction of sp³-hybridized carbons (Fsp3) is 0.0476. The average molecular weight is 476 g/mol. The van der Waals surface area contributed by atoms with Crippen molar-refractivity contribution >= 4 is 32.6 Å². The van der Waals surface area contributed by atoms with Gasteiger partial charge in [-0.15, -0.1) is 0 Å². The van der Waals surface area contributed by atoms with Gasteiger partial charge in [-0.25, -0.2) is 0 Å². The summed E-state index contributed by atoms with van der Waals surface area (Å²) in [5.41, 5.74) is 0.813. The molecule has 0 heterocycles. The van der Waals surface area contributed by atoms with Crippen LogP contribution in [-0.2, 0) is 6.13 Å². The summed E-state index contributed by atoms with van der Waals surface area (Å²) in [5, 5.41) is 0. The molecule has 0 aliphatic heterocycles. The second-order valence-corrected chi connectivity index (χ2v) is 8.70. The van der Waals surface area contributed by atoms with Gasteiger partial charge in [0.05, 0.1) is 0 Å². The zero-order valence-corrected chi connectivity index (χ0v) is 16.7. The van der Waals surface area contributed by atoms with Gasteiger partial charge in [-0.1, -0.05) is 0 Å². The van der Waals surface area contributed by atoms with Crippen molar-refractivity contribution in [3.8, 4) is 5.75 Å². The van der Waals surface area contributed by atoms with Crippen molar-refractivity contribution in [3.05, 3.63) is 99.6 Å². The van der Waals surface area contributed by atoms with Crippen LogP contribution in [0.25, 0.3) is 0 Å². The first-order chi connectivity index (χ1) is 13.2. The van der Waals surface area contributed by atoms with Crippen LogP contribution in [0.3, 0.4) is 0 Å². The Morgan fingerprint density at radius 3 is 1.52 bits per heavy atom. The van der Waals surface area contributed by atoms with Crippen LogP contribution >= 0.6 is 20.6 Å². The average Bonchev–Trinajstić information content (AvgIpc) is 2.74. The Bertz CT molecular complexity index is 841. The van der Waals surface area contributed by atoms with Gasteiger partial charge in [-0.05, 0) is 0 Å². The topological polar surface area (TPSA) is 61.8 Å². The van der Waals surface area contributed by atoms with Crippen LogP contribution in [0.4, 0.5) is 0 Å². The first-order valence-electron chi connectivity index (χ1n) is 8.07. The molecule has 0 saturated heterocycles. The van der Waals surface area contributed by atoms with E-state index in [0.717, 1.165) is 0 Å². The fourth-order valence-corrected chi connectivity index (χ4v) is 4.92. The van der Waals surface area contributed by atoms with Crippen molar-refractivity contribution in [3.63, 3.8) is 0 Å². The molecule has 3 aromatic carbocycles. The third kappa shape index (κ3) is 5.07. The number of hydrogen-bond acceptors (Lipinski definition) is 5. The maximum atomic E-state index is 12.5. The second kappa shape index (κ2) is 9.18. The Labute approximate surface area is 165 Å². The van der Waals surface area contributed by atoms with E-state index >= 15 is 0 Å². The second-order valence-electron chi connectivity index (χ2n) is 5.34. The number of methoxy groups -OCH3 is 1. The monoisotopic (exact) mass is 476 g/mol. The van der Waals surface area contributed by atoms with Crippen LogP contribution in [0.1, 0.15) is 20.7 Å². The summed E-state index contributed by atoms with van der Waals surface area (Å²) in [6.07, 6.45) is 0. The predicted molar refractivity (Wildman–Crippen MR) is 109 cm³/mol. The predicted octanol–water partition coefficient (Wildman–Crippen LogP) is 4.92. The van der Waals surface area contributed by atoms with Gasteiger partial charge in [-0.2, -0.15) is 0 Å². The number of ether oxygens (including phenoxy) is 1. The van der Waals surface area contributed by atoms with Crippen molar-refractivity contribution < 1.29 is 20.5 Å². The molecule has 0 radical (unpaired) electrons. The van der Waals surface area contributed by atoms with Crippen molar-refractivity contribution in [1.82, 2.24) is 0 Å². The summed E-state index contributed by atoms with van der Waals surface area (Å²) in [6.45, 7) is 0. The summed E-state index contributed by atoms with van der Waals surface area (Å²) in [5.74, 6) is -0.367. The quantitative estimate of drug-likeness (QED) is 0.473. The van der Waals surface area contributed by atoms with Crippen molar-refractivity contribution in [2.45, 2.75) is 0 Å². The molecule has 0 atom stereocenters. The Hall–Kier alpha value is -2.87. The molecule has 0 bridgehead atoms. The van der Waals surface area contributed by atoms with E-state index in [1.807, 2.05) is 12.1 Å². The van der Waals surface area contributed by atoms with Gasteiger partial charge in [0.2, 0.25) is 0 Å². The van der Waals surface area contributed by atoms with Crippen LogP contribution in [-0.4, -0.2) is 19.0 Å². The number of rotatable bonds is 6. The van der Waals surface area contributed by atoms with Gasteiger partial charge in [0.15, 0.2) is 0 Å². The third-order valence-electron chi connectivity index (χ3n) is 3.53. The Morgan fingerprint density at radius 2 is 1.11 bits per heavy atom. The molecule has 0 unspecified atom stereocenters. The summed E-state index contributed by atoms with van der Waals surface area (Å²) in [6, 6.07) is 24.2. The SMILES string of the molecule is COc1ccc(I(OC(=O)c2ccccc2)OC(=O)c2ccccc2)cc1. The third-order valence-corrected chi connectivity index (χ3v) is 6.86. The summed E-state index contributed by atoms with van der Waals surface area (Å²) >= 11 is -3.04. The van der Waals surface area contributed by atoms with Crippen LogP contribution in [0.15, 0.2) is 84.9 Å². The van der Waals surface area contributed by atoms with E-state index in [2.05, 4.69) is 0 Å². The molecule has 0 amide bonds. The van der Waals surface area contributed by atoms with Crippen molar-refractivity contribution in [1.29, 1.82) is 0 Å². The number of halogens is 1. The zero-order valence-electron chi connectivity index (χ0n) is 14.5. The fourth-order valence-electron chi connectivity index (χ4n) is 2.14. The van der Waals surface area contributed by atoms with Gasteiger partial charge >= 0.3 is 166 Å². The number of carbonyl (C=O) groups excluding carboxylic acids is 2. The van der Waals surface area contributed by atoms with E-state index in [1.54, 1.807) is 79.9 Å². The minimum absolute atomic E-state index is 0.407. The molecule has 27 heavy (non-hydrogen) atoms. The normalized spacial score (nSPS) is 10.6. The molecule has 5 nitrogen and oxygen atoms in total. The molecule has 0 saturated carbocycles. The summed E-state index contributed by atoms with van der Waals surface area (Å²) < 4.78 is 17.1. The molecular formula is C21H17IO5. The maximum absolute atomic E-state index is 12.5. The first kappa shape index (κ1) is 18.9. The van der Waals surface area contributed by atoms with E-state index in [-0.39, 0.29) is 0 Å². The molecule has 138 valence electrons. The van der Waals surface area contributed by atoms with Crippen molar-refractivity contribution in [2.24, 2.45) is 0 Å². The molecule has 0 aliphatic rings. The van der Waals surface area contributed by atoms with Gasteiger partial charge in [-0.3, -0.25) is 0 Å². The Kier molecular flexibility index (Phi) is 6.43. The van der Waals surface area contributed by atoms with Crippen LogP contribution < -0.4 is 4.74 Å². The molecule has 0 fully saturated rings. The minimum atomic E-state index is -3.04. The van der Waals surface area contributed by atoms with E-state index < -0.39 is 32.6 Å². The molecular weight excluding hydrogens is 459 g/mol. The molecule has 3 rings (SSSR count). The number of carbonyl (C=O) groups is 2. The summed E-state index contributed by atoms with van der Waals surface area (Å²) in [4.78, 5) is 24.9. The summed E-state index contributed by atoms with van der Waals surface area (Å²) in [7, 11) is 1.57. The first-order valence-corrected chi connectivity index (χ1v) is 10.9. The zero-order chi connectivity index (χ0) is 19.1. The Balaban J connectivity index is 1.83. The van der Waals surface area contributed by atoms with Crippen LogP contribution in [0, 0.1) is 3.57 Å². The van der Waals surface area contributed by atoms with Gasteiger partial charge in [0.25, 0.3) is 0 Å². The molecule has 3 aromatic rings. The Morgan fingerprint density at radius 1 is 0.667 bits per heavy atom. The van der Waals surface area contributed by atoms with E-state index in [9.17, 15) is 9.59 Å².